The largest absolute Gasteiger partial charge is 0.444 e. The van der Waals surface area contributed by atoms with Crippen LogP contribution in [0, 0.1) is 0 Å². The molecule has 0 saturated heterocycles. The molecule has 1 aliphatic heterocycles. The minimum absolute atomic E-state index is 0.102. The van der Waals surface area contributed by atoms with Crippen LogP contribution in [0.1, 0.15) is 76.7 Å². The maximum absolute atomic E-state index is 13.8. The first kappa shape index (κ1) is 27.1. The van der Waals surface area contributed by atoms with Crippen molar-refractivity contribution in [1.82, 2.24) is 20.0 Å². The average Bonchev–Trinajstić information content (AvgIpc) is 3.12. The number of ether oxygens (including phenoxy) is 3. The number of nitrogens with one attached hydrogen (secondary N) is 2. The highest BCUT2D eigenvalue weighted by Crippen LogP contribution is 2.43. The number of alkyl halides is 2. The highest BCUT2D eigenvalue weighted by Gasteiger charge is 2.40. The Kier molecular flexibility index (Phi) is 8.25. The Bertz CT molecular complexity index is 903. The van der Waals surface area contributed by atoms with E-state index in [2.05, 4.69) is 10.6 Å². The SMILES string of the molecule is COC(CNC(=O)Nc1c2c(nn1C1CCC(F)(F)CC1)CCN(C(=O)OC(C)(C)C)[C@H]2C)OC. The third-order valence-corrected chi connectivity index (χ3v) is 6.35. The monoisotopic (exact) mass is 501 g/mol. The van der Waals surface area contributed by atoms with Crippen molar-refractivity contribution in [2.75, 3.05) is 32.6 Å². The highest BCUT2D eigenvalue weighted by atomic mass is 19.3. The second kappa shape index (κ2) is 10.7. The van der Waals surface area contributed by atoms with Gasteiger partial charge in [0.15, 0.2) is 6.29 Å². The van der Waals surface area contributed by atoms with Crippen molar-refractivity contribution in [2.45, 2.75) is 89.7 Å². The summed E-state index contributed by atoms with van der Waals surface area (Å²) in [5.74, 6) is -2.29. The molecule has 2 heterocycles. The van der Waals surface area contributed by atoms with Gasteiger partial charge in [-0.25, -0.2) is 23.1 Å². The van der Waals surface area contributed by atoms with Gasteiger partial charge in [-0.1, -0.05) is 0 Å². The van der Waals surface area contributed by atoms with Gasteiger partial charge in [-0.2, -0.15) is 5.10 Å². The van der Waals surface area contributed by atoms with E-state index < -0.39 is 36.0 Å². The Labute approximate surface area is 204 Å². The molecule has 1 aromatic heterocycles. The lowest BCUT2D eigenvalue weighted by Crippen LogP contribution is -2.42. The molecule has 1 fully saturated rings. The van der Waals surface area contributed by atoms with Crippen LogP contribution in [0.2, 0.25) is 0 Å². The molecule has 0 bridgehead atoms. The van der Waals surface area contributed by atoms with Crippen LogP contribution in [0.15, 0.2) is 0 Å². The first-order valence-corrected chi connectivity index (χ1v) is 11.9. The Morgan fingerprint density at radius 2 is 1.83 bits per heavy atom. The molecule has 198 valence electrons. The van der Waals surface area contributed by atoms with Gasteiger partial charge in [0, 0.05) is 45.6 Å². The van der Waals surface area contributed by atoms with Crippen molar-refractivity contribution >= 4 is 17.9 Å². The molecule has 35 heavy (non-hydrogen) atoms. The maximum Gasteiger partial charge on any atom is 0.410 e. The quantitative estimate of drug-likeness (QED) is 0.565. The molecule has 1 atom stereocenters. The predicted molar refractivity (Wildman–Crippen MR) is 125 cm³/mol. The van der Waals surface area contributed by atoms with E-state index in [0.29, 0.717) is 24.3 Å². The van der Waals surface area contributed by atoms with Crippen molar-refractivity contribution in [3.63, 3.8) is 0 Å². The van der Waals surface area contributed by atoms with E-state index in [0.717, 1.165) is 5.69 Å². The van der Waals surface area contributed by atoms with Gasteiger partial charge in [-0.15, -0.1) is 0 Å². The lowest BCUT2D eigenvalue weighted by atomic mass is 9.92. The maximum atomic E-state index is 13.8. The number of methoxy groups -OCH3 is 2. The number of amides is 3. The zero-order valence-corrected chi connectivity index (χ0v) is 21.3. The number of hydrogen-bond acceptors (Lipinski definition) is 6. The van der Waals surface area contributed by atoms with Gasteiger partial charge in [0.2, 0.25) is 5.92 Å². The van der Waals surface area contributed by atoms with Gasteiger partial charge >= 0.3 is 12.1 Å². The summed E-state index contributed by atoms with van der Waals surface area (Å²) in [7, 11) is 2.93. The van der Waals surface area contributed by atoms with Gasteiger partial charge in [0.05, 0.1) is 24.3 Å². The zero-order valence-electron chi connectivity index (χ0n) is 21.3. The molecular weight excluding hydrogens is 464 g/mol. The van der Waals surface area contributed by atoms with Crippen molar-refractivity contribution in [1.29, 1.82) is 0 Å². The molecule has 1 saturated carbocycles. The third-order valence-electron chi connectivity index (χ3n) is 6.35. The summed E-state index contributed by atoms with van der Waals surface area (Å²) in [6.45, 7) is 7.74. The second-order valence-corrected chi connectivity index (χ2v) is 10.1. The molecular formula is C23H37F2N5O5. The summed E-state index contributed by atoms with van der Waals surface area (Å²) in [5, 5.41) is 10.3. The number of carbonyl (C=O) groups is 2. The number of nitrogens with zero attached hydrogens (tertiary/aromatic N) is 3. The van der Waals surface area contributed by atoms with Crippen LogP contribution in [0.5, 0.6) is 0 Å². The zero-order chi connectivity index (χ0) is 26.0. The van der Waals surface area contributed by atoms with Crippen molar-refractivity contribution in [2.24, 2.45) is 0 Å². The number of rotatable bonds is 6. The van der Waals surface area contributed by atoms with Crippen LogP contribution >= 0.6 is 0 Å². The Balaban J connectivity index is 1.89. The summed E-state index contributed by atoms with van der Waals surface area (Å²) in [6, 6.07) is -1.24. The van der Waals surface area contributed by atoms with Crippen LogP contribution in [0.25, 0.3) is 0 Å². The van der Waals surface area contributed by atoms with Crippen LogP contribution in [0.4, 0.5) is 24.2 Å². The molecule has 2 aliphatic rings. The van der Waals surface area contributed by atoms with E-state index in [1.165, 1.54) is 14.2 Å². The minimum atomic E-state index is -2.69. The van der Waals surface area contributed by atoms with Crippen LogP contribution in [0.3, 0.4) is 0 Å². The number of anilines is 1. The highest BCUT2D eigenvalue weighted by molar-refractivity contribution is 5.89. The first-order valence-electron chi connectivity index (χ1n) is 11.9. The molecule has 12 heteroatoms. The van der Waals surface area contributed by atoms with Crippen LogP contribution in [-0.4, -0.2) is 71.9 Å². The number of fused-ring (bicyclic) bond motifs is 1. The standard InChI is InChI=1S/C23H37F2N5O5/c1-14-18-16(9-12-29(14)21(32)35-22(2,3)4)28-30(15-7-10-23(24,25)11-8-15)19(18)27-20(31)26-13-17(33-5)34-6/h14-15,17H,7-13H2,1-6H3,(H2,26,27,31)/t14-/m0/s1. The van der Waals surface area contributed by atoms with E-state index in [9.17, 15) is 18.4 Å². The van der Waals surface area contributed by atoms with E-state index in [1.807, 2.05) is 6.92 Å². The van der Waals surface area contributed by atoms with E-state index >= 15 is 0 Å². The van der Waals surface area contributed by atoms with Crippen LogP contribution < -0.4 is 10.6 Å². The second-order valence-electron chi connectivity index (χ2n) is 10.1. The molecule has 3 rings (SSSR count). The lowest BCUT2D eigenvalue weighted by Gasteiger charge is -2.35. The molecule has 0 radical (unpaired) electrons. The number of carbonyl (C=O) groups excluding carboxylic acids is 2. The molecule has 2 N–H and O–H groups in total. The lowest BCUT2D eigenvalue weighted by molar-refractivity contribution is -0.0970. The smallest absolute Gasteiger partial charge is 0.410 e. The third kappa shape index (κ3) is 6.60. The summed E-state index contributed by atoms with van der Waals surface area (Å²) >= 11 is 0. The molecule has 1 aliphatic carbocycles. The fraction of sp³-hybridized carbons (Fsp3) is 0.783. The van der Waals surface area contributed by atoms with Gasteiger partial charge in [0.25, 0.3) is 0 Å². The van der Waals surface area contributed by atoms with E-state index in [-0.39, 0.29) is 38.3 Å². The normalized spacial score (nSPS) is 20.5. The van der Waals surface area contributed by atoms with Gasteiger partial charge in [-0.05, 0) is 40.5 Å². The number of hydrogen-bond donors (Lipinski definition) is 2. The molecule has 10 nitrogen and oxygen atoms in total. The molecule has 0 unspecified atom stereocenters. The number of halogens is 2. The van der Waals surface area contributed by atoms with Crippen molar-refractivity contribution < 1.29 is 32.6 Å². The van der Waals surface area contributed by atoms with Gasteiger partial charge in [0.1, 0.15) is 11.4 Å². The summed E-state index contributed by atoms with van der Waals surface area (Å²) in [6.07, 6.45) is -0.623. The van der Waals surface area contributed by atoms with Gasteiger partial charge < -0.3 is 24.4 Å². The van der Waals surface area contributed by atoms with Crippen LogP contribution in [-0.2, 0) is 20.6 Å². The van der Waals surface area contributed by atoms with Crippen molar-refractivity contribution in [3.8, 4) is 0 Å². The Morgan fingerprint density at radius 3 is 2.40 bits per heavy atom. The summed E-state index contributed by atoms with van der Waals surface area (Å²) in [4.78, 5) is 27.2. The molecule has 3 amide bonds. The summed E-state index contributed by atoms with van der Waals surface area (Å²) in [5.41, 5.74) is 0.760. The van der Waals surface area contributed by atoms with E-state index in [4.69, 9.17) is 19.3 Å². The Morgan fingerprint density at radius 1 is 1.20 bits per heavy atom. The fourth-order valence-corrected chi connectivity index (χ4v) is 4.51. The number of aromatic nitrogens is 2. The van der Waals surface area contributed by atoms with Crippen molar-refractivity contribution in [3.05, 3.63) is 11.3 Å². The number of urea groups is 1. The van der Waals surface area contributed by atoms with Gasteiger partial charge in [-0.3, -0.25) is 5.32 Å². The van der Waals surface area contributed by atoms with E-state index in [1.54, 1.807) is 30.4 Å². The molecule has 0 aromatic carbocycles. The fourth-order valence-electron chi connectivity index (χ4n) is 4.51. The minimum Gasteiger partial charge on any atom is -0.444 e. The first-order chi connectivity index (χ1) is 16.3. The Hall–Kier alpha value is -2.47. The predicted octanol–water partition coefficient (Wildman–Crippen LogP) is 4.23. The molecule has 1 aromatic rings. The molecule has 0 spiro atoms. The summed E-state index contributed by atoms with van der Waals surface area (Å²) < 4.78 is 45.1. The average molecular weight is 502 g/mol. The topological polar surface area (TPSA) is 107 Å².